The quantitative estimate of drug-likeness (QED) is 0.699. The van der Waals surface area contributed by atoms with Gasteiger partial charge in [0.2, 0.25) is 0 Å². The standard InChI is InChI=1S/C18H15NO4/c1-11(20)12-6-4-7-14(9-12)19-17(21)16-10-13-5-2-3-8-15(13)18(22)23-16/h2-9,16H,10H2,1H3,(H,19,21). The minimum absolute atomic E-state index is 0.0841. The van der Waals surface area contributed by atoms with Crippen LogP contribution in [0.3, 0.4) is 0 Å². The van der Waals surface area contributed by atoms with Crippen LogP contribution < -0.4 is 5.32 Å². The van der Waals surface area contributed by atoms with Gasteiger partial charge in [0.05, 0.1) is 5.56 Å². The molecule has 1 amide bonds. The lowest BCUT2D eigenvalue weighted by atomic mass is 9.98. The molecule has 0 saturated heterocycles. The van der Waals surface area contributed by atoms with E-state index in [1.54, 1.807) is 36.4 Å². The second-order valence-electron chi connectivity index (χ2n) is 5.38. The number of hydrogen-bond donors (Lipinski definition) is 1. The second-order valence-corrected chi connectivity index (χ2v) is 5.38. The zero-order chi connectivity index (χ0) is 16.4. The van der Waals surface area contributed by atoms with Crippen molar-refractivity contribution in [3.8, 4) is 0 Å². The number of benzene rings is 2. The Morgan fingerprint density at radius 2 is 1.91 bits per heavy atom. The number of Topliss-reactive ketones (excluding diaryl/α,β-unsaturated/α-hetero) is 1. The molecule has 0 saturated carbocycles. The zero-order valence-electron chi connectivity index (χ0n) is 12.5. The fraction of sp³-hybridized carbons (Fsp3) is 0.167. The van der Waals surface area contributed by atoms with Crippen LogP contribution in [0, 0.1) is 0 Å². The number of ketones is 1. The summed E-state index contributed by atoms with van der Waals surface area (Å²) in [5, 5.41) is 2.69. The maximum Gasteiger partial charge on any atom is 0.339 e. The predicted octanol–water partition coefficient (Wildman–Crippen LogP) is 2.61. The number of anilines is 1. The zero-order valence-corrected chi connectivity index (χ0v) is 12.5. The summed E-state index contributed by atoms with van der Waals surface area (Å²) in [6.07, 6.45) is -0.543. The highest BCUT2D eigenvalue weighted by Crippen LogP contribution is 2.21. The van der Waals surface area contributed by atoms with E-state index in [4.69, 9.17) is 4.74 Å². The summed E-state index contributed by atoms with van der Waals surface area (Å²) in [6.45, 7) is 1.46. The van der Waals surface area contributed by atoms with Crippen molar-refractivity contribution in [2.45, 2.75) is 19.4 Å². The van der Waals surface area contributed by atoms with Gasteiger partial charge in [-0.05, 0) is 30.7 Å². The summed E-state index contributed by atoms with van der Waals surface area (Å²) >= 11 is 0. The molecule has 1 unspecified atom stereocenters. The minimum atomic E-state index is -0.876. The first kappa shape index (κ1) is 15.0. The molecule has 1 aliphatic rings. The van der Waals surface area contributed by atoms with Crippen molar-refractivity contribution in [2.24, 2.45) is 0 Å². The molecule has 0 radical (unpaired) electrons. The van der Waals surface area contributed by atoms with Gasteiger partial charge in [-0.1, -0.05) is 30.3 Å². The van der Waals surface area contributed by atoms with Crippen LogP contribution in [-0.2, 0) is 16.0 Å². The van der Waals surface area contributed by atoms with Crippen molar-refractivity contribution < 1.29 is 19.1 Å². The number of nitrogens with one attached hydrogen (secondary N) is 1. The van der Waals surface area contributed by atoms with Crippen molar-refractivity contribution in [2.75, 3.05) is 5.32 Å². The lowest BCUT2D eigenvalue weighted by Crippen LogP contribution is -2.37. The van der Waals surface area contributed by atoms with Gasteiger partial charge in [0, 0.05) is 17.7 Å². The molecule has 0 bridgehead atoms. The van der Waals surface area contributed by atoms with Crippen molar-refractivity contribution >= 4 is 23.3 Å². The molecule has 0 spiro atoms. The average molecular weight is 309 g/mol. The van der Waals surface area contributed by atoms with Gasteiger partial charge in [-0.25, -0.2) is 4.79 Å². The number of carbonyl (C=O) groups is 3. The number of hydrogen-bond acceptors (Lipinski definition) is 4. The topological polar surface area (TPSA) is 72.5 Å². The molecule has 5 nitrogen and oxygen atoms in total. The van der Waals surface area contributed by atoms with Gasteiger partial charge >= 0.3 is 5.97 Å². The van der Waals surface area contributed by atoms with Crippen LogP contribution in [0.4, 0.5) is 5.69 Å². The van der Waals surface area contributed by atoms with Crippen molar-refractivity contribution in [1.29, 1.82) is 0 Å². The van der Waals surface area contributed by atoms with Gasteiger partial charge in [0.15, 0.2) is 11.9 Å². The molecule has 1 heterocycles. The highest BCUT2D eigenvalue weighted by molar-refractivity contribution is 6.01. The van der Waals surface area contributed by atoms with Crippen LogP contribution in [-0.4, -0.2) is 23.8 Å². The van der Waals surface area contributed by atoms with E-state index in [-0.39, 0.29) is 5.78 Å². The molecule has 3 rings (SSSR count). The number of carbonyl (C=O) groups excluding carboxylic acids is 3. The fourth-order valence-electron chi connectivity index (χ4n) is 2.52. The lowest BCUT2D eigenvalue weighted by Gasteiger charge is -2.23. The van der Waals surface area contributed by atoms with Crippen LogP contribution >= 0.6 is 0 Å². The Morgan fingerprint density at radius 1 is 1.13 bits per heavy atom. The molecular weight excluding hydrogens is 294 g/mol. The molecular formula is C18H15NO4. The molecule has 0 aliphatic carbocycles. The maximum atomic E-state index is 12.3. The molecule has 2 aromatic carbocycles. The summed E-state index contributed by atoms with van der Waals surface area (Å²) in [4.78, 5) is 35.7. The number of esters is 1. The van der Waals surface area contributed by atoms with E-state index in [1.807, 2.05) is 12.1 Å². The number of rotatable bonds is 3. The molecule has 1 N–H and O–H groups in total. The maximum absolute atomic E-state index is 12.3. The van der Waals surface area contributed by atoms with Crippen molar-refractivity contribution in [3.63, 3.8) is 0 Å². The summed E-state index contributed by atoms with van der Waals surface area (Å²) in [6, 6.07) is 13.7. The number of ether oxygens (including phenoxy) is 1. The third-order valence-electron chi connectivity index (χ3n) is 3.72. The van der Waals surface area contributed by atoms with E-state index in [0.717, 1.165) is 5.56 Å². The number of cyclic esters (lactones) is 1. The van der Waals surface area contributed by atoms with Crippen LogP contribution in [0.25, 0.3) is 0 Å². The van der Waals surface area contributed by atoms with Crippen LogP contribution in [0.1, 0.15) is 33.2 Å². The molecule has 1 atom stereocenters. The molecule has 2 aromatic rings. The largest absolute Gasteiger partial charge is 0.448 e. The molecule has 116 valence electrons. The van der Waals surface area contributed by atoms with Gasteiger partial charge < -0.3 is 10.1 Å². The van der Waals surface area contributed by atoms with E-state index >= 15 is 0 Å². The Labute approximate surface area is 133 Å². The Kier molecular flexibility index (Phi) is 3.93. The highest BCUT2D eigenvalue weighted by atomic mass is 16.5. The van der Waals surface area contributed by atoms with E-state index < -0.39 is 18.0 Å². The van der Waals surface area contributed by atoms with Gasteiger partial charge in [-0.3, -0.25) is 9.59 Å². The average Bonchev–Trinajstić information content (AvgIpc) is 2.55. The van der Waals surface area contributed by atoms with E-state index in [9.17, 15) is 14.4 Å². The second kappa shape index (κ2) is 6.04. The lowest BCUT2D eigenvalue weighted by molar-refractivity contribution is -0.125. The summed E-state index contributed by atoms with van der Waals surface area (Å²) in [5.41, 5.74) is 2.29. The molecule has 1 aliphatic heterocycles. The first-order valence-corrected chi connectivity index (χ1v) is 7.25. The first-order chi connectivity index (χ1) is 11.0. The predicted molar refractivity (Wildman–Crippen MR) is 84.4 cm³/mol. The fourth-order valence-corrected chi connectivity index (χ4v) is 2.52. The van der Waals surface area contributed by atoms with Crippen LogP contribution in [0.2, 0.25) is 0 Å². The van der Waals surface area contributed by atoms with Crippen LogP contribution in [0.15, 0.2) is 48.5 Å². The van der Waals surface area contributed by atoms with Gasteiger partial charge in [-0.2, -0.15) is 0 Å². The SMILES string of the molecule is CC(=O)c1cccc(NC(=O)C2Cc3ccccc3C(=O)O2)c1. The first-order valence-electron chi connectivity index (χ1n) is 7.25. The van der Waals surface area contributed by atoms with Crippen molar-refractivity contribution in [3.05, 3.63) is 65.2 Å². The normalized spacial score (nSPS) is 16.2. The van der Waals surface area contributed by atoms with Gasteiger partial charge in [-0.15, -0.1) is 0 Å². The third-order valence-corrected chi connectivity index (χ3v) is 3.72. The molecule has 0 fully saturated rings. The summed E-state index contributed by atoms with van der Waals surface area (Å²) in [5.74, 6) is -0.989. The Bertz CT molecular complexity index is 797. The third kappa shape index (κ3) is 3.13. The Morgan fingerprint density at radius 3 is 2.70 bits per heavy atom. The minimum Gasteiger partial charge on any atom is -0.448 e. The molecule has 23 heavy (non-hydrogen) atoms. The van der Waals surface area contributed by atoms with Gasteiger partial charge in [0.1, 0.15) is 0 Å². The number of amides is 1. The van der Waals surface area contributed by atoms with E-state index in [1.165, 1.54) is 6.92 Å². The molecule has 5 heteroatoms. The Balaban J connectivity index is 1.76. The molecule has 0 aromatic heterocycles. The summed E-state index contributed by atoms with van der Waals surface area (Å²) in [7, 11) is 0. The Hall–Kier alpha value is -2.95. The highest BCUT2D eigenvalue weighted by Gasteiger charge is 2.31. The monoisotopic (exact) mass is 309 g/mol. The summed E-state index contributed by atoms with van der Waals surface area (Å²) < 4.78 is 5.21. The van der Waals surface area contributed by atoms with Crippen LogP contribution in [0.5, 0.6) is 0 Å². The smallest absolute Gasteiger partial charge is 0.339 e. The van der Waals surface area contributed by atoms with Gasteiger partial charge in [0.25, 0.3) is 5.91 Å². The van der Waals surface area contributed by atoms with E-state index in [0.29, 0.717) is 23.2 Å². The van der Waals surface area contributed by atoms with Crippen molar-refractivity contribution in [1.82, 2.24) is 0 Å². The van der Waals surface area contributed by atoms with E-state index in [2.05, 4.69) is 5.32 Å². The number of fused-ring (bicyclic) bond motifs is 1.